The third-order valence-electron chi connectivity index (χ3n) is 11.5. The van der Waals surface area contributed by atoms with Crippen LogP contribution in [0.5, 0.6) is 0 Å². The number of allylic oxidation sites excluding steroid dienone is 4. The van der Waals surface area contributed by atoms with Crippen molar-refractivity contribution in [3.63, 3.8) is 0 Å². The Morgan fingerprint density at radius 3 is 1.64 bits per heavy atom. The van der Waals surface area contributed by atoms with Gasteiger partial charge in [0, 0.05) is 33.5 Å². The molecule has 1 heterocycles. The van der Waals surface area contributed by atoms with E-state index in [0.29, 0.717) is 0 Å². The molecule has 1 aliphatic rings. The van der Waals surface area contributed by atoms with E-state index in [4.69, 9.17) is 0 Å². The van der Waals surface area contributed by atoms with E-state index >= 15 is 0 Å². The van der Waals surface area contributed by atoms with Crippen molar-refractivity contribution in [3.05, 3.63) is 206 Å². The van der Waals surface area contributed by atoms with Gasteiger partial charge < -0.3 is 9.47 Å². The van der Waals surface area contributed by atoms with Crippen molar-refractivity contribution in [2.45, 2.75) is 12.8 Å². The average Bonchev–Trinajstić information content (AvgIpc) is 3.60. The van der Waals surface area contributed by atoms with Gasteiger partial charge >= 0.3 is 0 Å². The summed E-state index contributed by atoms with van der Waals surface area (Å²) in [5.74, 6) is 0. The predicted molar refractivity (Wildman–Crippen MR) is 240 cm³/mol. The van der Waals surface area contributed by atoms with Crippen molar-refractivity contribution in [3.8, 4) is 22.3 Å². The molecule has 0 fully saturated rings. The predicted octanol–water partition coefficient (Wildman–Crippen LogP) is 15.2. The largest absolute Gasteiger partial charge is 0.310 e. The second-order valence-corrected chi connectivity index (χ2v) is 14.9. The smallest absolute Gasteiger partial charge is 0.0561 e. The second kappa shape index (κ2) is 13.3. The maximum Gasteiger partial charge on any atom is 0.0561 e. The molecule has 2 nitrogen and oxygen atoms in total. The van der Waals surface area contributed by atoms with Gasteiger partial charge in [0.1, 0.15) is 0 Å². The van der Waals surface area contributed by atoms with Crippen LogP contribution in [-0.2, 0) is 0 Å². The third kappa shape index (κ3) is 5.58. The molecule has 9 aromatic carbocycles. The summed E-state index contributed by atoms with van der Waals surface area (Å²) in [4.78, 5) is 2.42. The summed E-state index contributed by atoms with van der Waals surface area (Å²) in [6.07, 6.45) is 9.09. The first-order valence-electron chi connectivity index (χ1n) is 19.6. The van der Waals surface area contributed by atoms with Crippen LogP contribution < -0.4 is 4.90 Å². The lowest BCUT2D eigenvalue weighted by Crippen LogP contribution is -2.10. The van der Waals surface area contributed by atoms with E-state index < -0.39 is 0 Å². The lowest BCUT2D eigenvalue weighted by atomic mass is 9.96. The molecule has 10 aromatic rings. The van der Waals surface area contributed by atoms with Crippen molar-refractivity contribution in [1.29, 1.82) is 0 Å². The average molecular weight is 715 g/mol. The zero-order chi connectivity index (χ0) is 37.0. The molecule has 2 heteroatoms. The molecule has 0 spiro atoms. The Hall–Kier alpha value is -7.16. The van der Waals surface area contributed by atoms with Crippen LogP contribution in [0, 0.1) is 0 Å². The highest BCUT2D eigenvalue weighted by molar-refractivity contribution is 6.11. The molecule has 0 saturated carbocycles. The van der Waals surface area contributed by atoms with Gasteiger partial charge in [-0.25, -0.2) is 0 Å². The number of hydrogen-bond acceptors (Lipinski definition) is 1. The molecular weight excluding hydrogens is 677 g/mol. The summed E-state index contributed by atoms with van der Waals surface area (Å²) >= 11 is 0. The molecule has 264 valence electrons. The SMILES string of the molecule is C1=CC(n2c3ccccc3c3ccc(N(c4ccc5ccccc5c4)c4ccc5ccc(-c6ccc7cc(-c8ccccc8)ccc7c6)cc5c4)cc32)=CCC1. The molecule has 0 aliphatic heterocycles. The Morgan fingerprint density at radius 2 is 0.893 bits per heavy atom. The highest BCUT2D eigenvalue weighted by atomic mass is 15.1. The lowest BCUT2D eigenvalue weighted by Gasteiger charge is -2.26. The van der Waals surface area contributed by atoms with Crippen molar-refractivity contribution in [2.24, 2.45) is 0 Å². The maximum atomic E-state index is 2.45. The Kier molecular flexibility index (Phi) is 7.67. The minimum Gasteiger partial charge on any atom is -0.310 e. The van der Waals surface area contributed by atoms with Crippen LogP contribution in [0.15, 0.2) is 206 Å². The minimum atomic E-state index is 1.05. The van der Waals surface area contributed by atoms with Gasteiger partial charge in [-0.15, -0.1) is 0 Å². The van der Waals surface area contributed by atoms with Gasteiger partial charge in [0.25, 0.3) is 0 Å². The van der Waals surface area contributed by atoms with Crippen molar-refractivity contribution >= 4 is 76.9 Å². The van der Waals surface area contributed by atoms with Gasteiger partial charge in [-0.1, -0.05) is 140 Å². The Labute approximate surface area is 326 Å². The topological polar surface area (TPSA) is 8.17 Å². The summed E-state index contributed by atoms with van der Waals surface area (Å²) in [6, 6.07) is 69.2. The van der Waals surface area contributed by atoms with E-state index in [-0.39, 0.29) is 0 Å². The quantitative estimate of drug-likeness (QED) is 0.166. The molecular formula is C54H38N2. The zero-order valence-electron chi connectivity index (χ0n) is 30.9. The van der Waals surface area contributed by atoms with Crippen LogP contribution in [0.1, 0.15) is 12.8 Å². The summed E-state index contributed by atoms with van der Waals surface area (Å²) in [7, 11) is 0. The van der Waals surface area contributed by atoms with Crippen LogP contribution in [0.3, 0.4) is 0 Å². The van der Waals surface area contributed by atoms with Crippen LogP contribution in [0.4, 0.5) is 17.1 Å². The van der Waals surface area contributed by atoms with Crippen LogP contribution >= 0.6 is 0 Å². The van der Waals surface area contributed by atoms with Gasteiger partial charge in [-0.05, 0) is 134 Å². The van der Waals surface area contributed by atoms with Gasteiger partial charge in [0.05, 0.1) is 11.0 Å². The fourth-order valence-corrected chi connectivity index (χ4v) is 8.69. The van der Waals surface area contributed by atoms with Crippen molar-refractivity contribution < 1.29 is 0 Å². The number of aromatic nitrogens is 1. The molecule has 56 heavy (non-hydrogen) atoms. The fourth-order valence-electron chi connectivity index (χ4n) is 8.69. The van der Waals surface area contributed by atoms with Crippen LogP contribution in [0.2, 0.25) is 0 Å². The lowest BCUT2D eigenvalue weighted by molar-refractivity contribution is 1.02. The number of fused-ring (bicyclic) bond motifs is 6. The normalized spacial score (nSPS) is 12.9. The summed E-state index contributed by atoms with van der Waals surface area (Å²) in [6.45, 7) is 0. The van der Waals surface area contributed by atoms with Gasteiger partial charge in [0.2, 0.25) is 0 Å². The third-order valence-corrected chi connectivity index (χ3v) is 11.5. The highest BCUT2D eigenvalue weighted by Gasteiger charge is 2.19. The van der Waals surface area contributed by atoms with Gasteiger partial charge in [-0.2, -0.15) is 0 Å². The molecule has 0 radical (unpaired) electrons. The van der Waals surface area contributed by atoms with E-state index in [1.165, 1.54) is 82.1 Å². The number of nitrogens with zero attached hydrogens (tertiary/aromatic N) is 2. The number of anilines is 3. The number of para-hydroxylation sites is 1. The summed E-state index contributed by atoms with van der Waals surface area (Å²) in [5.41, 5.74) is 12.0. The number of benzene rings is 9. The molecule has 1 aliphatic carbocycles. The molecule has 0 bridgehead atoms. The molecule has 0 saturated heterocycles. The first-order valence-corrected chi connectivity index (χ1v) is 19.6. The minimum absolute atomic E-state index is 1.05. The first-order chi connectivity index (χ1) is 27.7. The molecule has 0 amide bonds. The first kappa shape index (κ1) is 32.3. The van der Waals surface area contributed by atoms with Crippen LogP contribution in [-0.4, -0.2) is 4.57 Å². The van der Waals surface area contributed by atoms with Gasteiger partial charge in [-0.3, -0.25) is 0 Å². The summed E-state index contributed by atoms with van der Waals surface area (Å²) in [5, 5.41) is 9.90. The Morgan fingerprint density at radius 1 is 0.357 bits per heavy atom. The molecule has 0 unspecified atom stereocenters. The van der Waals surface area contributed by atoms with E-state index in [0.717, 1.165) is 29.9 Å². The Bertz CT molecular complexity index is 3200. The number of rotatable bonds is 6. The zero-order valence-corrected chi connectivity index (χ0v) is 30.9. The van der Waals surface area contributed by atoms with Gasteiger partial charge in [0.15, 0.2) is 0 Å². The van der Waals surface area contributed by atoms with E-state index in [1.54, 1.807) is 0 Å². The van der Waals surface area contributed by atoms with E-state index in [9.17, 15) is 0 Å². The van der Waals surface area contributed by atoms with Crippen molar-refractivity contribution in [2.75, 3.05) is 4.90 Å². The van der Waals surface area contributed by atoms with Crippen LogP contribution in [0.25, 0.3) is 82.1 Å². The van der Waals surface area contributed by atoms with Crippen molar-refractivity contribution in [1.82, 2.24) is 4.57 Å². The fraction of sp³-hybridized carbons (Fsp3) is 0.0370. The molecule has 1 aromatic heterocycles. The Balaban J connectivity index is 1.05. The van der Waals surface area contributed by atoms with E-state index in [2.05, 4.69) is 216 Å². The number of hydrogen-bond donors (Lipinski definition) is 0. The monoisotopic (exact) mass is 714 g/mol. The highest BCUT2D eigenvalue weighted by Crippen LogP contribution is 2.42. The molecule has 11 rings (SSSR count). The second-order valence-electron chi connectivity index (χ2n) is 14.9. The van der Waals surface area contributed by atoms with E-state index in [1.807, 2.05) is 0 Å². The molecule has 0 atom stereocenters. The standard InChI is InChI=1S/C54H38N2/c1-3-11-37(12-4-1)41-21-22-43-32-44(24-23-42(43)31-41)45-20-19-39-26-28-49(35-46(39)33-45)55(48-27-25-38-13-7-8-14-40(38)34-48)50-29-30-52-51-17-9-10-18-53(51)56(54(52)36-50)47-15-5-2-6-16-47/h1,3-5,7-36H,2,6H2. The summed E-state index contributed by atoms with van der Waals surface area (Å²) < 4.78 is 2.45. The molecule has 0 N–H and O–H groups in total. The maximum absolute atomic E-state index is 2.45.